The lowest BCUT2D eigenvalue weighted by molar-refractivity contribution is -0.142. The number of hydrogen-bond donors (Lipinski definition) is 1. The second-order valence-corrected chi connectivity index (χ2v) is 6.23. The Hall–Kier alpha value is -2.02. The predicted octanol–water partition coefficient (Wildman–Crippen LogP) is 2.86. The highest BCUT2D eigenvalue weighted by Crippen LogP contribution is 2.26. The molecule has 1 heterocycles. The van der Waals surface area contributed by atoms with Gasteiger partial charge in [-0.3, -0.25) is 0 Å². The van der Waals surface area contributed by atoms with Crippen LogP contribution >= 0.6 is 11.8 Å². The van der Waals surface area contributed by atoms with Crippen molar-refractivity contribution in [3.63, 3.8) is 0 Å². The number of carbonyl (C=O) groups is 1. The van der Waals surface area contributed by atoms with E-state index < -0.39 is 12.0 Å². The Morgan fingerprint density at radius 1 is 1.45 bits per heavy atom. The fourth-order valence-corrected chi connectivity index (χ4v) is 2.89. The van der Waals surface area contributed by atoms with Gasteiger partial charge < -0.3 is 9.84 Å². The van der Waals surface area contributed by atoms with E-state index in [-0.39, 0.29) is 5.92 Å². The third-order valence-electron chi connectivity index (χ3n) is 3.16. The van der Waals surface area contributed by atoms with Gasteiger partial charge in [0.25, 0.3) is 0 Å². The van der Waals surface area contributed by atoms with E-state index in [0.29, 0.717) is 5.75 Å². The molecular weight excluding hydrogens is 302 g/mol. The zero-order chi connectivity index (χ0) is 16.1. The molecule has 0 bridgehead atoms. The van der Waals surface area contributed by atoms with Gasteiger partial charge in [-0.25, -0.2) is 9.48 Å². The van der Waals surface area contributed by atoms with Crippen molar-refractivity contribution in [2.75, 3.05) is 7.11 Å². The SMILES string of the molecule is COc1cccc(SCc2cn([C@H](C(=O)O)C(C)C)nn2)c1. The van der Waals surface area contributed by atoms with Crippen molar-refractivity contribution < 1.29 is 14.6 Å². The normalized spacial score (nSPS) is 12.4. The van der Waals surface area contributed by atoms with E-state index in [9.17, 15) is 9.90 Å². The summed E-state index contributed by atoms with van der Waals surface area (Å²) in [6.07, 6.45) is 1.70. The molecule has 1 aromatic heterocycles. The number of carboxylic acids is 1. The zero-order valence-corrected chi connectivity index (χ0v) is 13.6. The van der Waals surface area contributed by atoms with Crippen LogP contribution in [-0.2, 0) is 10.5 Å². The minimum atomic E-state index is -0.896. The largest absolute Gasteiger partial charge is 0.497 e. The smallest absolute Gasteiger partial charge is 0.328 e. The van der Waals surface area contributed by atoms with Crippen molar-refractivity contribution in [3.8, 4) is 5.75 Å². The van der Waals surface area contributed by atoms with Crippen LogP contribution in [0.15, 0.2) is 35.4 Å². The molecule has 2 aromatic rings. The molecular formula is C15H19N3O3S. The number of thioether (sulfide) groups is 1. The third-order valence-corrected chi connectivity index (χ3v) is 4.18. The molecule has 0 radical (unpaired) electrons. The van der Waals surface area contributed by atoms with Gasteiger partial charge in [0, 0.05) is 10.6 Å². The molecule has 0 saturated carbocycles. The molecule has 0 aliphatic carbocycles. The Kier molecular flexibility index (Phi) is 5.43. The van der Waals surface area contributed by atoms with Crippen LogP contribution < -0.4 is 4.74 Å². The third kappa shape index (κ3) is 4.00. The van der Waals surface area contributed by atoms with E-state index in [4.69, 9.17) is 4.74 Å². The topological polar surface area (TPSA) is 77.2 Å². The fourth-order valence-electron chi connectivity index (χ4n) is 2.07. The van der Waals surface area contributed by atoms with Gasteiger partial charge in [0.1, 0.15) is 5.75 Å². The molecule has 7 heteroatoms. The highest BCUT2D eigenvalue weighted by Gasteiger charge is 2.24. The zero-order valence-electron chi connectivity index (χ0n) is 12.8. The number of ether oxygens (including phenoxy) is 1. The first-order valence-electron chi connectivity index (χ1n) is 6.91. The van der Waals surface area contributed by atoms with Crippen molar-refractivity contribution in [2.45, 2.75) is 30.5 Å². The minimum Gasteiger partial charge on any atom is -0.497 e. The van der Waals surface area contributed by atoms with Crippen LogP contribution in [0.2, 0.25) is 0 Å². The molecule has 0 unspecified atom stereocenters. The molecule has 0 fully saturated rings. The molecule has 0 spiro atoms. The number of carboxylic acid groups (broad SMARTS) is 1. The monoisotopic (exact) mass is 321 g/mol. The van der Waals surface area contributed by atoms with Crippen LogP contribution in [0.1, 0.15) is 25.6 Å². The minimum absolute atomic E-state index is 0.0573. The van der Waals surface area contributed by atoms with E-state index in [2.05, 4.69) is 10.3 Å². The van der Waals surface area contributed by atoms with E-state index >= 15 is 0 Å². The Bertz CT molecular complexity index is 642. The van der Waals surface area contributed by atoms with Gasteiger partial charge in [0.15, 0.2) is 6.04 Å². The molecule has 6 nitrogen and oxygen atoms in total. The van der Waals surface area contributed by atoms with Gasteiger partial charge in [-0.15, -0.1) is 16.9 Å². The number of rotatable bonds is 7. The van der Waals surface area contributed by atoms with Gasteiger partial charge in [0.2, 0.25) is 0 Å². The first-order chi connectivity index (χ1) is 10.5. The second-order valence-electron chi connectivity index (χ2n) is 5.18. The van der Waals surface area contributed by atoms with Crippen LogP contribution in [0.25, 0.3) is 0 Å². The van der Waals surface area contributed by atoms with E-state index in [1.165, 1.54) is 4.68 Å². The molecule has 118 valence electrons. The van der Waals surface area contributed by atoms with Crippen LogP contribution in [0.3, 0.4) is 0 Å². The highest BCUT2D eigenvalue weighted by molar-refractivity contribution is 7.98. The average molecular weight is 321 g/mol. The first kappa shape index (κ1) is 16.4. The molecule has 1 N–H and O–H groups in total. The highest BCUT2D eigenvalue weighted by atomic mass is 32.2. The maximum Gasteiger partial charge on any atom is 0.328 e. The van der Waals surface area contributed by atoms with Gasteiger partial charge >= 0.3 is 5.97 Å². The molecule has 1 atom stereocenters. The van der Waals surface area contributed by atoms with Crippen LogP contribution in [-0.4, -0.2) is 33.2 Å². The summed E-state index contributed by atoms with van der Waals surface area (Å²) < 4.78 is 6.61. The van der Waals surface area contributed by atoms with Crippen molar-refractivity contribution in [1.29, 1.82) is 0 Å². The molecule has 1 aromatic carbocycles. The van der Waals surface area contributed by atoms with Gasteiger partial charge in [-0.05, 0) is 24.1 Å². The molecule has 0 saturated heterocycles. The average Bonchev–Trinajstić information content (AvgIpc) is 2.93. The molecule has 0 aliphatic rings. The van der Waals surface area contributed by atoms with E-state index in [1.807, 2.05) is 38.1 Å². The first-order valence-corrected chi connectivity index (χ1v) is 7.90. The Balaban J connectivity index is 2.04. The second kappa shape index (κ2) is 7.31. The van der Waals surface area contributed by atoms with Crippen molar-refractivity contribution >= 4 is 17.7 Å². The number of hydrogen-bond acceptors (Lipinski definition) is 5. The molecule has 0 amide bonds. The summed E-state index contributed by atoms with van der Waals surface area (Å²) >= 11 is 1.60. The van der Waals surface area contributed by atoms with E-state index in [1.54, 1.807) is 25.1 Å². The fraction of sp³-hybridized carbons (Fsp3) is 0.400. The predicted molar refractivity (Wildman–Crippen MR) is 84.1 cm³/mol. The van der Waals surface area contributed by atoms with Gasteiger partial charge in [-0.2, -0.15) is 0 Å². The van der Waals surface area contributed by atoms with Crippen LogP contribution in [0.4, 0.5) is 0 Å². The van der Waals surface area contributed by atoms with Gasteiger partial charge in [0.05, 0.1) is 19.0 Å². The summed E-state index contributed by atoms with van der Waals surface area (Å²) in [6, 6.07) is 7.07. The molecule has 22 heavy (non-hydrogen) atoms. The van der Waals surface area contributed by atoms with Gasteiger partial charge in [-0.1, -0.05) is 25.1 Å². The number of aromatic nitrogens is 3. The summed E-state index contributed by atoms with van der Waals surface area (Å²) in [4.78, 5) is 12.4. The summed E-state index contributed by atoms with van der Waals surface area (Å²) in [5.41, 5.74) is 0.750. The molecule has 2 rings (SSSR count). The number of nitrogens with zero attached hydrogens (tertiary/aromatic N) is 3. The lowest BCUT2D eigenvalue weighted by Gasteiger charge is -2.15. The standard InChI is InChI=1S/C15H19N3O3S/c1-10(2)14(15(19)20)18-8-11(16-17-18)9-22-13-6-4-5-12(7-13)21-3/h4-8,10,14H,9H2,1-3H3,(H,19,20)/t14-/m0/s1. The van der Waals surface area contributed by atoms with Crippen molar-refractivity contribution in [1.82, 2.24) is 15.0 Å². The van der Waals surface area contributed by atoms with Crippen molar-refractivity contribution in [2.24, 2.45) is 5.92 Å². The summed E-state index contributed by atoms with van der Waals surface area (Å²) in [5, 5.41) is 17.3. The Labute approximate surface area is 133 Å². The van der Waals surface area contributed by atoms with Crippen molar-refractivity contribution in [3.05, 3.63) is 36.2 Å². The number of benzene rings is 1. The maximum atomic E-state index is 11.3. The lowest BCUT2D eigenvalue weighted by atomic mass is 10.1. The molecule has 0 aliphatic heterocycles. The van der Waals surface area contributed by atoms with E-state index in [0.717, 1.165) is 16.3 Å². The number of methoxy groups -OCH3 is 1. The lowest BCUT2D eigenvalue weighted by Crippen LogP contribution is -2.24. The Morgan fingerprint density at radius 2 is 2.23 bits per heavy atom. The maximum absolute atomic E-state index is 11.3. The quantitative estimate of drug-likeness (QED) is 0.790. The van der Waals surface area contributed by atoms with Crippen LogP contribution in [0.5, 0.6) is 5.75 Å². The summed E-state index contributed by atoms with van der Waals surface area (Å²) in [6.45, 7) is 3.70. The number of aliphatic carboxylic acids is 1. The summed E-state index contributed by atoms with van der Waals surface area (Å²) in [5.74, 6) is 0.474. The Morgan fingerprint density at radius 3 is 2.86 bits per heavy atom. The van der Waals surface area contributed by atoms with Crippen LogP contribution in [0, 0.1) is 5.92 Å². The summed E-state index contributed by atoms with van der Waals surface area (Å²) in [7, 11) is 1.63.